The number of benzene rings is 1. The molecule has 128 valence electrons. The third-order valence-electron chi connectivity index (χ3n) is 6.00. The lowest BCUT2D eigenvalue weighted by molar-refractivity contribution is -0.138. The van der Waals surface area contributed by atoms with E-state index in [1.165, 1.54) is 12.1 Å². The molecular weight excluding hydrogens is 307 g/mol. The Kier molecular flexibility index (Phi) is 3.62. The molecule has 2 unspecified atom stereocenters. The summed E-state index contributed by atoms with van der Waals surface area (Å²) in [5.41, 5.74) is 0.00881. The average molecular weight is 330 g/mol. The molecule has 4 rings (SSSR count). The van der Waals surface area contributed by atoms with Gasteiger partial charge in [0.15, 0.2) is 0 Å². The fourth-order valence-corrected chi connectivity index (χ4v) is 4.30. The lowest BCUT2D eigenvalue weighted by atomic mass is 9.96. The molecule has 3 fully saturated rings. The fourth-order valence-electron chi connectivity index (χ4n) is 4.30. The number of carbonyl (C=O) groups excluding carboxylic acids is 2. The zero-order chi connectivity index (χ0) is 16.9. The highest BCUT2D eigenvalue weighted by Crippen LogP contribution is 2.59. The van der Waals surface area contributed by atoms with Gasteiger partial charge in [0.2, 0.25) is 5.91 Å². The molecule has 3 aliphatic rings. The highest BCUT2D eigenvalue weighted by molar-refractivity contribution is 5.96. The van der Waals surface area contributed by atoms with E-state index in [1.54, 1.807) is 17.0 Å². The van der Waals surface area contributed by atoms with Crippen LogP contribution in [0.25, 0.3) is 0 Å². The normalized spacial score (nSPS) is 29.5. The predicted octanol–water partition coefficient (Wildman–Crippen LogP) is 2.55. The monoisotopic (exact) mass is 330 g/mol. The molecule has 2 atom stereocenters. The highest BCUT2D eigenvalue weighted by Gasteiger charge is 2.66. The van der Waals surface area contributed by atoms with E-state index < -0.39 is 5.82 Å². The van der Waals surface area contributed by atoms with E-state index >= 15 is 0 Å². The standard InChI is InChI=1S/C19H23FN2O2/c1-13-5-7-21(8-6-13)18(24)19-10-15(19)11-22(12-19)17(23)14-3-2-4-16(20)9-14/h2-4,9,13,15H,5-8,10-12H2,1H3. The van der Waals surface area contributed by atoms with Crippen molar-refractivity contribution in [2.24, 2.45) is 17.3 Å². The van der Waals surface area contributed by atoms with Gasteiger partial charge in [0.05, 0.1) is 5.41 Å². The molecule has 0 spiro atoms. The lowest BCUT2D eigenvalue weighted by Gasteiger charge is -2.33. The van der Waals surface area contributed by atoms with Gasteiger partial charge >= 0.3 is 0 Å². The maximum absolute atomic E-state index is 13.3. The summed E-state index contributed by atoms with van der Waals surface area (Å²) in [7, 11) is 0. The van der Waals surface area contributed by atoms with Crippen LogP contribution in [0.5, 0.6) is 0 Å². The van der Waals surface area contributed by atoms with Crippen LogP contribution in [0.3, 0.4) is 0 Å². The second-order valence-electron chi connectivity index (χ2n) is 7.73. The Balaban J connectivity index is 1.45. The number of amides is 2. The molecule has 2 heterocycles. The van der Waals surface area contributed by atoms with Gasteiger partial charge in [-0.2, -0.15) is 0 Å². The average Bonchev–Trinajstić information content (AvgIpc) is 3.16. The van der Waals surface area contributed by atoms with Crippen LogP contribution in [-0.2, 0) is 4.79 Å². The molecule has 0 radical (unpaired) electrons. The Bertz CT molecular complexity index is 684. The summed E-state index contributed by atoms with van der Waals surface area (Å²) in [5, 5.41) is 0. The molecule has 1 aromatic carbocycles. The smallest absolute Gasteiger partial charge is 0.253 e. The summed E-state index contributed by atoms with van der Waals surface area (Å²) < 4.78 is 13.3. The number of piperidine rings is 2. The molecule has 0 bridgehead atoms. The predicted molar refractivity (Wildman–Crippen MR) is 87.8 cm³/mol. The molecule has 1 aliphatic carbocycles. The maximum atomic E-state index is 13.3. The van der Waals surface area contributed by atoms with Crippen molar-refractivity contribution < 1.29 is 14.0 Å². The number of hydrogen-bond acceptors (Lipinski definition) is 2. The Morgan fingerprint density at radius 1 is 1.21 bits per heavy atom. The Hall–Kier alpha value is -1.91. The number of likely N-dealkylation sites (tertiary alicyclic amines) is 2. The van der Waals surface area contributed by atoms with Crippen molar-refractivity contribution >= 4 is 11.8 Å². The molecular formula is C19H23FN2O2. The number of fused-ring (bicyclic) bond motifs is 1. The van der Waals surface area contributed by atoms with Gasteiger partial charge in [-0.3, -0.25) is 9.59 Å². The first-order valence-corrected chi connectivity index (χ1v) is 8.84. The summed E-state index contributed by atoms with van der Waals surface area (Å²) in [6.45, 7) is 5.01. The summed E-state index contributed by atoms with van der Waals surface area (Å²) in [5.74, 6) is 0.631. The van der Waals surface area contributed by atoms with Crippen molar-refractivity contribution in [3.05, 3.63) is 35.6 Å². The zero-order valence-electron chi connectivity index (χ0n) is 14.0. The molecule has 1 aromatic rings. The third-order valence-corrected chi connectivity index (χ3v) is 6.00. The SMILES string of the molecule is CC1CCN(C(=O)C23CC2CN(C(=O)c2cccc(F)c2)C3)CC1. The molecule has 2 amide bonds. The highest BCUT2D eigenvalue weighted by atomic mass is 19.1. The van der Waals surface area contributed by atoms with Gasteiger partial charge in [-0.15, -0.1) is 0 Å². The number of hydrogen-bond donors (Lipinski definition) is 0. The topological polar surface area (TPSA) is 40.6 Å². The molecule has 5 heteroatoms. The van der Waals surface area contributed by atoms with E-state index in [0.29, 0.717) is 24.6 Å². The molecule has 24 heavy (non-hydrogen) atoms. The summed E-state index contributed by atoms with van der Waals surface area (Å²) >= 11 is 0. The Morgan fingerprint density at radius 3 is 2.67 bits per heavy atom. The molecule has 1 saturated carbocycles. The van der Waals surface area contributed by atoms with Crippen LogP contribution in [0, 0.1) is 23.1 Å². The van der Waals surface area contributed by atoms with Gasteiger partial charge in [0, 0.05) is 31.7 Å². The summed E-state index contributed by atoms with van der Waals surface area (Å²) in [4.78, 5) is 29.3. The van der Waals surface area contributed by atoms with E-state index in [4.69, 9.17) is 0 Å². The van der Waals surface area contributed by atoms with Crippen molar-refractivity contribution in [2.45, 2.75) is 26.2 Å². The Morgan fingerprint density at radius 2 is 1.96 bits per heavy atom. The maximum Gasteiger partial charge on any atom is 0.253 e. The van der Waals surface area contributed by atoms with Crippen molar-refractivity contribution in [1.82, 2.24) is 9.80 Å². The Labute approximate surface area is 141 Å². The van der Waals surface area contributed by atoms with Crippen LogP contribution >= 0.6 is 0 Å². The van der Waals surface area contributed by atoms with E-state index in [9.17, 15) is 14.0 Å². The minimum Gasteiger partial charge on any atom is -0.342 e. The number of nitrogens with zero attached hydrogens (tertiary/aromatic N) is 2. The first-order valence-electron chi connectivity index (χ1n) is 8.84. The van der Waals surface area contributed by atoms with Gasteiger partial charge in [0.25, 0.3) is 5.91 Å². The summed E-state index contributed by atoms with van der Waals surface area (Å²) in [6, 6.07) is 5.79. The van der Waals surface area contributed by atoms with Crippen LogP contribution in [0.1, 0.15) is 36.5 Å². The van der Waals surface area contributed by atoms with E-state index in [0.717, 1.165) is 32.4 Å². The zero-order valence-corrected chi connectivity index (χ0v) is 14.0. The molecule has 2 aliphatic heterocycles. The van der Waals surface area contributed by atoms with E-state index in [-0.39, 0.29) is 23.1 Å². The molecule has 4 nitrogen and oxygen atoms in total. The quantitative estimate of drug-likeness (QED) is 0.836. The van der Waals surface area contributed by atoms with E-state index in [2.05, 4.69) is 6.92 Å². The van der Waals surface area contributed by atoms with Gasteiger partial charge in [-0.25, -0.2) is 4.39 Å². The summed E-state index contributed by atoms with van der Waals surface area (Å²) in [6.07, 6.45) is 3.03. The lowest BCUT2D eigenvalue weighted by Crippen LogP contribution is -2.44. The first kappa shape index (κ1) is 15.6. The van der Waals surface area contributed by atoms with Gasteiger partial charge in [0.1, 0.15) is 5.82 Å². The van der Waals surface area contributed by atoms with Crippen LogP contribution < -0.4 is 0 Å². The van der Waals surface area contributed by atoms with Crippen LogP contribution in [0.2, 0.25) is 0 Å². The number of halogens is 1. The first-order chi connectivity index (χ1) is 11.5. The second kappa shape index (κ2) is 5.57. The molecule has 2 saturated heterocycles. The van der Waals surface area contributed by atoms with Crippen molar-refractivity contribution in [2.75, 3.05) is 26.2 Å². The van der Waals surface area contributed by atoms with Crippen molar-refractivity contribution in [3.8, 4) is 0 Å². The van der Waals surface area contributed by atoms with E-state index in [1.807, 2.05) is 4.90 Å². The minimum atomic E-state index is -0.404. The van der Waals surface area contributed by atoms with Gasteiger partial charge in [-0.05, 0) is 49.3 Å². The van der Waals surface area contributed by atoms with Crippen molar-refractivity contribution in [1.29, 1.82) is 0 Å². The molecule has 0 aromatic heterocycles. The second-order valence-corrected chi connectivity index (χ2v) is 7.73. The van der Waals surface area contributed by atoms with Crippen LogP contribution in [0.4, 0.5) is 4.39 Å². The fraction of sp³-hybridized carbons (Fsp3) is 0.579. The molecule has 0 N–H and O–H groups in total. The van der Waals surface area contributed by atoms with Crippen LogP contribution in [0.15, 0.2) is 24.3 Å². The van der Waals surface area contributed by atoms with Crippen LogP contribution in [-0.4, -0.2) is 47.8 Å². The number of carbonyl (C=O) groups is 2. The third kappa shape index (κ3) is 2.50. The van der Waals surface area contributed by atoms with Crippen molar-refractivity contribution in [3.63, 3.8) is 0 Å². The number of rotatable bonds is 2. The van der Waals surface area contributed by atoms with Gasteiger partial charge in [-0.1, -0.05) is 13.0 Å². The van der Waals surface area contributed by atoms with Gasteiger partial charge < -0.3 is 9.80 Å². The largest absolute Gasteiger partial charge is 0.342 e. The minimum absolute atomic E-state index is 0.166.